The maximum atomic E-state index is 13.2. The van der Waals surface area contributed by atoms with Crippen molar-refractivity contribution in [2.75, 3.05) is 13.7 Å². The van der Waals surface area contributed by atoms with Crippen molar-refractivity contribution < 1.29 is 18.7 Å². The van der Waals surface area contributed by atoms with E-state index in [1.165, 1.54) is 30.5 Å². The number of hydrogen-bond donors (Lipinski definition) is 0. The molecule has 0 aromatic heterocycles. The molecule has 4 heteroatoms. The Bertz CT molecular complexity index is 644. The Morgan fingerprint density at radius 3 is 2.60 bits per heavy atom. The van der Waals surface area contributed by atoms with Gasteiger partial charge in [0.25, 0.3) is 0 Å². The van der Waals surface area contributed by atoms with Gasteiger partial charge in [0.2, 0.25) is 0 Å². The molecule has 3 nitrogen and oxygen atoms in total. The average Bonchev–Trinajstić information content (AvgIpc) is 3.45. The minimum Gasteiger partial charge on any atom is -0.497 e. The predicted octanol–water partition coefficient (Wildman–Crippen LogP) is 5.08. The van der Waals surface area contributed by atoms with Crippen molar-refractivity contribution in [1.82, 2.24) is 0 Å². The molecule has 0 bridgehead atoms. The topological polar surface area (TPSA) is 35.5 Å². The van der Waals surface area contributed by atoms with E-state index in [4.69, 9.17) is 9.47 Å². The normalized spacial score (nSPS) is 19.5. The van der Waals surface area contributed by atoms with Gasteiger partial charge in [-0.3, -0.25) is 0 Å². The van der Waals surface area contributed by atoms with Crippen molar-refractivity contribution in [2.45, 2.75) is 39.5 Å². The number of halogens is 1. The van der Waals surface area contributed by atoms with Crippen molar-refractivity contribution in [3.63, 3.8) is 0 Å². The van der Waals surface area contributed by atoms with Crippen molar-refractivity contribution >= 4 is 6.29 Å². The first-order valence-electron chi connectivity index (χ1n) is 8.89. The van der Waals surface area contributed by atoms with Crippen molar-refractivity contribution in [2.24, 2.45) is 11.8 Å². The number of aldehydes is 1. The standard InChI is InChI=1S/C18H21FO2.C3H6O/c1-12-8-16(13-6-7-13)17(18(9-12)20-2)11-21-15-5-3-4-14(19)10-15;1-2-3-4/h3-5,9-10,12-13H,6-8,11H2,1-2H3;3H,2H2,1H3. The van der Waals surface area contributed by atoms with E-state index in [1.54, 1.807) is 19.2 Å². The fourth-order valence-corrected chi connectivity index (χ4v) is 2.96. The summed E-state index contributed by atoms with van der Waals surface area (Å²) in [6, 6.07) is 6.28. The van der Waals surface area contributed by atoms with Gasteiger partial charge in [0.05, 0.1) is 7.11 Å². The molecular formula is C21H27FO3. The fraction of sp³-hybridized carbons (Fsp3) is 0.476. The number of carbonyl (C=O) groups excluding carboxylic acids is 1. The van der Waals surface area contributed by atoms with E-state index in [0.717, 1.165) is 24.0 Å². The van der Waals surface area contributed by atoms with E-state index in [0.29, 0.717) is 30.6 Å². The molecule has 1 saturated carbocycles. The molecule has 0 aliphatic heterocycles. The Morgan fingerprint density at radius 2 is 2.04 bits per heavy atom. The Hall–Kier alpha value is -2.10. The molecule has 3 rings (SSSR count). The molecule has 136 valence electrons. The molecule has 25 heavy (non-hydrogen) atoms. The van der Waals surface area contributed by atoms with Gasteiger partial charge in [0.1, 0.15) is 30.2 Å². The first-order chi connectivity index (χ1) is 12.1. The Morgan fingerprint density at radius 1 is 1.32 bits per heavy atom. The summed E-state index contributed by atoms with van der Waals surface area (Å²) in [5.74, 6) is 2.41. The molecule has 1 aromatic rings. The number of hydrogen-bond acceptors (Lipinski definition) is 3. The summed E-state index contributed by atoms with van der Waals surface area (Å²) in [5, 5.41) is 0. The highest BCUT2D eigenvalue weighted by molar-refractivity contribution is 5.48. The van der Waals surface area contributed by atoms with Gasteiger partial charge < -0.3 is 14.3 Å². The molecule has 1 atom stereocenters. The van der Waals surface area contributed by atoms with E-state index in [1.807, 2.05) is 6.92 Å². The lowest BCUT2D eigenvalue weighted by atomic mass is 9.87. The van der Waals surface area contributed by atoms with Crippen LogP contribution < -0.4 is 4.74 Å². The molecule has 0 N–H and O–H groups in total. The summed E-state index contributed by atoms with van der Waals surface area (Å²) in [6.07, 6.45) is 7.29. The van der Waals surface area contributed by atoms with E-state index >= 15 is 0 Å². The summed E-state index contributed by atoms with van der Waals surface area (Å²) < 4.78 is 24.5. The Balaban J connectivity index is 0.000000511. The molecule has 1 aromatic carbocycles. The SMILES string of the molecule is CCC=O.COC1=CC(C)CC(C2CC2)=C1COc1cccc(F)c1. The number of carbonyl (C=O) groups is 1. The van der Waals surface area contributed by atoms with Gasteiger partial charge in [0.15, 0.2) is 0 Å². The number of methoxy groups -OCH3 is 1. The van der Waals surface area contributed by atoms with E-state index in [9.17, 15) is 9.18 Å². The van der Waals surface area contributed by atoms with Crippen LogP contribution in [0.1, 0.15) is 39.5 Å². The zero-order valence-electron chi connectivity index (χ0n) is 15.3. The first kappa shape index (κ1) is 19.2. The number of ether oxygens (including phenoxy) is 2. The van der Waals surface area contributed by atoms with Crippen LogP contribution in [-0.2, 0) is 9.53 Å². The fourth-order valence-electron chi connectivity index (χ4n) is 2.96. The Labute approximate surface area is 149 Å². The van der Waals surface area contributed by atoms with Gasteiger partial charge in [-0.15, -0.1) is 0 Å². The molecule has 0 saturated heterocycles. The molecule has 0 radical (unpaired) electrons. The molecule has 2 aliphatic carbocycles. The second-order valence-electron chi connectivity index (χ2n) is 6.52. The summed E-state index contributed by atoms with van der Waals surface area (Å²) in [5.41, 5.74) is 2.63. The first-order valence-corrected chi connectivity index (χ1v) is 8.89. The predicted molar refractivity (Wildman–Crippen MR) is 96.9 cm³/mol. The van der Waals surface area contributed by atoms with Crippen molar-refractivity contribution in [3.8, 4) is 5.75 Å². The number of rotatable bonds is 6. The molecule has 0 amide bonds. The lowest BCUT2D eigenvalue weighted by molar-refractivity contribution is -0.107. The van der Waals surface area contributed by atoms with E-state index < -0.39 is 0 Å². The van der Waals surface area contributed by atoms with Crippen LogP contribution in [-0.4, -0.2) is 20.0 Å². The van der Waals surface area contributed by atoms with Crippen LogP contribution >= 0.6 is 0 Å². The molecule has 0 heterocycles. The average molecular weight is 346 g/mol. The lowest BCUT2D eigenvalue weighted by Crippen LogP contribution is -2.15. The quantitative estimate of drug-likeness (QED) is 0.674. The second kappa shape index (κ2) is 9.40. The van der Waals surface area contributed by atoms with Crippen LogP contribution in [0.15, 0.2) is 47.2 Å². The third kappa shape index (κ3) is 5.73. The van der Waals surface area contributed by atoms with Crippen LogP contribution in [0.4, 0.5) is 4.39 Å². The summed E-state index contributed by atoms with van der Waals surface area (Å²) in [4.78, 5) is 9.17. The van der Waals surface area contributed by atoms with Gasteiger partial charge in [-0.2, -0.15) is 0 Å². The summed E-state index contributed by atoms with van der Waals surface area (Å²) in [7, 11) is 1.70. The largest absolute Gasteiger partial charge is 0.497 e. The van der Waals surface area contributed by atoms with Gasteiger partial charge in [-0.1, -0.05) is 25.5 Å². The third-order valence-corrected chi connectivity index (χ3v) is 4.30. The van der Waals surface area contributed by atoms with Gasteiger partial charge in [0, 0.05) is 18.1 Å². The Kier molecular flexibility index (Phi) is 7.23. The molecule has 0 spiro atoms. The third-order valence-electron chi connectivity index (χ3n) is 4.30. The van der Waals surface area contributed by atoms with Crippen molar-refractivity contribution in [3.05, 3.63) is 53.1 Å². The molecule has 1 unspecified atom stereocenters. The second-order valence-corrected chi connectivity index (χ2v) is 6.52. The highest BCUT2D eigenvalue weighted by atomic mass is 19.1. The lowest BCUT2D eigenvalue weighted by Gasteiger charge is -2.25. The molecule has 1 fully saturated rings. The summed E-state index contributed by atoms with van der Waals surface area (Å²) in [6.45, 7) is 4.47. The monoisotopic (exact) mass is 346 g/mol. The highest BCUT2D eigenvalue weighted by Gasteiger charge is 2.32. The smallest absolute Gasteiger partial charge is 0.126 e. The van der Waals surface area contributed by atoms with Gasteiger partial charge in [-0.25, -0.2) is 4.39 Å². The van der Waals surface area contributed by atoms with Gasteiger partial charge in [-0.05, 0) is 49.3 Å². The zero-order chi connectivity index (χ0) is 18.2. The van der Waals surface area contributed by atoms with Crippen LogP contribution in [0, 0.1) is 17.7 Å². The molecule has 2 aliphatic rings. The minimum absolute atomic E-state index is 0.274. The van der Waals surface area contributed by atoms with Crippen LogP contribution in [0.3, 0.4) is 0 Å². The summed E-state index contributed by atoms with van der Waals surface area (Å²) >= 11 is 0. The highest BCUT2D eigenvalue weighted by Crippen LogP contribution is 2.44. The van der Waals surface area contributed by atoms with Crippen LogP contribution in [0.25, 0.3) is 0 Å². The van der Waals surface area contributed by atoms with Crippen LogP contribution in [0.2, 0.25) is 0 Å². The van der Waals surface area contributed by atoms with Crippen molar-refractivity contribution in [1.29, 1.82) is 0 Å². The number of allylic oxidation sites excluding steroid dienone is 2. The maximum absolute atomic E-state index is 13.2. The number of benzene rings is 1. The molecular weight excluding hydrogens is 319 g/mol. The van der Waals surface area contributed by atoms with E-state index in [-0.39, 0.29) is 5.82 Å². The van der Waals surface area contributed by atoms with E-state index in [2.05, 4.69) is 13.0 Å². The maximum Gasteiger partial charge on any atom is 0.126 e. The minimum atomic E-state index is -0.274. The van der Waals surface area contributed by atoms with Gasteiger partial charge >= 0.3 is 0 Å². The van der Waals surface area contributed by atoms with Crippen LogP contribution in [0.5, 0.6) is 5.75 Å². The zero-order valence-corrected chi connectivity index (χ0v) is 15.3.